The van der Waals surface area contributed by atoms with E-state index in [9.17, 15) is 4.79 Å². The van der Waals surface area contributed by atoms with Crippen LogP contribution in [-0.4, -0.2) is 24.6 Å². The minimum atomic E-state index is -0.352. The summed E-state index contributed by atoms with van der Waals surface area (Å²) in [4.78, 5) is 12.4. The molecule has 0 aliphatic carbocycles. The van der Waals surface area contributed by atoms with E-state index in [1.807, 2.05) is 30.5 Å². The summed E-state index contributed by atoms with van der Waals surface area (Å²) in [6, 6.07) is 6.94. The van der Waals surface area contributed by atoms with Crippen LogP contribution in [0.2, 0.25) is 0 Å². The van der Waals surface area contributed by atoms with E-state index in [4.69, 9.17) is 10.00 Å². The first-order valence-electron chi connectivity index (χ1n) is 4.86. The van der Waals surface area contributed by atoms with E-state index in [2.05, 4.69) is 5.32 Å². The lowest BCUT2D eigenvalue weighted by Crippen LogP contribution is -2.23. The molecule has 0 aromatic heterocycles. The van der Waals surface area contributed by atoms with Gasteiger partial charge in [0.15, 0.2) is 6.19 Å². The molecule has 1 aliphatic heterocycles. The van der Waals surface area contributed by atoms with Gasteiger partial charge in [-0.25, -0.2) is 9.69 Å². The van der Waals surface area contributed by atoms with Crippen LogP contribution >= 0.6 is 0 Å². The third kappa shape index (κ3) is 1.77. The molecule has 1 aliphatic rings. The van der Waals surface area contributed by atoms with E-state index in [0.29, 0.717) is 6.54 Å². The van der Waals surface area contributed by atoms with Crippen LogP contribution < -0.4 is 10.1 Å². The Balaban J connectivity index is 2.20. The van der Waals surface area contributed by atoms with Crippen molar-refractivity contribution in [2.45, 2.75) is 6.04 Å². The summed E-state index contributed by atoms with van der Waals surface area (Å²) in [7, 11) is 1.59. The number of carbonyl (C=O) groups is 1. The van der Waals surface area contributed by atoms with E-state index >= 15 is 0 Å². The first kappa shape index (κ1) is 10.3. The van der Waals surface area contributed by atoms with Crippen LogP contribution in [0.5, 0.6) is 5.75 Å². The molecule has 5 heteroatoms. The number of nitrogens with one attached hydrogen (secondary N) is 1. The highest BCUT2D eigenvalue weighted by Gasteiger charge is 2.29. The molecule has 2 amide bonds. The second-order valence-electron chi connectivity index (χ2n) is 3.49. The van der Waals surface area contributed by atoms with Gasteiger partial charge in [-0.05, 0) is 17.7 Å². The Bertz CT molecular complexity index is 453. The summed E-state index contributed by atoms with van der Waals surface area (Å²) >= 11 is 0. The molecule has 0 spiro atoms. The normalized spacial score (nSPS) is 19.1. The SMILES string of the molecule is COc1cccc(C2CN(C#N)C(=O)N2)c1. The van der Waals surface area contributed by atoms with Gasteiger partial charge in [0.2, 0.25) is 0 Å². The number of amides is 2. The molecular weight excluding hydrogens is 206 g/mol. The summed E-state index contributed by atoms with van der Waals surface area (Å²) in [6.45, 7) is 0.364. The fourth-order valence-electron chi connectivity index (χ4n) is 1.67. The van der Waals surface area contributed by atoms with Crippen LogP contribution in [0, 0.1) is 11.5 Å². The number of ether oxygens (including phenoxy) is 1. The Labute approximate surface area is 93.2 Å². The first-order chi connectivity index (χ1) is 7.74. The Kier molecular flexibility index (Phi) is 2.64. The largest absolute Gasteiger partial charge is 0.497 e. The third-order valence-electron chi connectivity index (χ3n) is 2.52. The monoisotopic (exact) mass is 217 g/mol. The predicted molar refractivity (Wildman–Crippen MR) is 56.6 cm³/mol. The molecule has 1 aromatic rings. The van der Waals surface area contributed by atoms with Crippen LogP contribution in [-0.2, 0) is 0 Å². The van der Waals surface area contributed by atoms with E-state index in [0.717, 1.165) is 16.2 Å². The Morgan fingerprint density at radius 3 is 3.06 bits per heavy atom. The molecule has 0 radical (unpaired) electrons. The van der Waals surface area contributed by atoms with Gasteiger partial charge in [0.1, 0.15) is 5.75 Å². The molecule has 1 atom stereocenters. The molecule has 16 heavy (non-hydrogen) atoms. The molecular formula is C11H11N3O2. The number of rotatable bonds is 2. The first-order valence-corrected chi connectivity index (χ1v) is 4.86. The molecule has 1 N–H and O–H groups in total. The van der Waals surface area contributed by atoms with Crippen LogP contribution in [0.3, 0.4) is 0 Å². The van der Waals surface area contributed by atoms with Crippen LogP contribution in [0.15, 0.2) is 24.3 Å². The second kappa shape index (κ2) is 4.11. The van der Waals surface area contributed by atoms with Crippen molar-refractivity contribution in [2.75, 3.05) is 13.7 Å². The summed E-state index contributed by atoms with van der Waals surface area (Å²) in [5, 5.41) is 11.4. The molecule has 0 bridgehead atoms. The maximum Gasteiger partial charge on any atom is 0.331 e. The van der Waals surface area contributed by atoms with E-state index in [1.165, 1.54) is 0 Å². The van der Waals surface area contributed by atoms with E-state index < -0.39 is 0 Å². The topological polar surface area (TPSA) is 65.4 Å². The highest BCUT2D eigenvalue weighted by molar-refractivity contribution is 5.78. The zero-order valence-corrected chi connectivity index (χ0v) is 8.80. The van der Waals surface area contributed by atoms with Gasteiger partial charge >= 0.3 is 6.03 Å². The van der Waals surface area contributed by atoms with Crippen molar-refractivity contribution >= 4 is 6.03 Å². The van der Waals surface area contributed by atoms with Gasteiger partial charge in [0.05, 0.1) is 19.7 Å². The molecule has 1 unspecified atom stereocenters. The van der Waals surface area contributed by atoms with Gasteiger partial charge in [-0.1, -0.05) is 12.1 Å². The van der Waals surface area contributed by atoms with E-state index in [-0.39, 0.29) is 12.1 Å². The van der Waals surface area contributed by atoms with Gasteiger partial charge in [0.25, 0.3) is 0 Å². The van der Waals surface area contributed by atoms with Crippen LogP contribution in [0.1, 0.15) is 11.6 Å². The minimum Gasteiger partial charge on any atom is -0.497 e. The van der Waals surface area contributed by atoms with Gasteiger partial charge in [-0.2, -0.15) is 5.26 Å². The van der Waals surface area contributed by atoms with Crippen LogP contribution in [0.4, 0.5) is 4.79 Å². The molecule has 1 fully saturated rings. The summed E-state index contributed by atoms with van der Waals surface area (Å²) in [6.07, 6.45) is 1.83. The van der Waals surface area contributed by atoms with Gasteiger partial charge in [0, 0.05) is 0 Å². The lowest BCUT2D eigenvalue weighted by atomic mass is 10.1. The zero-order valence-electron chi connectivity index (χ0n) is 8.80. The quantitative estimate of drug-likeness (QED) is 0.758. The number of hydrogen-bond donors (Lipinski definition) is 1. The van der Waals surface area contributed by atoms with Crippen molar-refractivity contribution in [1.82, 2.24) is 10.2 Å². The molecule has 5 nitrogen and oxygen atoms in total. The van der Waals surface area contributed by atoms with Crippen molar-refractivity contribution < 1.29 is 9.53 Å². The fourth-order valence-corrected chi connectivity index (χ4v) is 1.67. The average molecular weight is 217 g/mol. The van der Waals surface area contributed by atoms with Crippen molar-refractivity contribution in [2.24, 2.45) is 0 Å². The summed E-state index contributed by atoms with van der Waals surface area (Å²) in [5.41, 5.74) is 0.936. The highest BCUT2D eigenvalue weighted by Crippen LogP contribution is 2.23. The second-order valence-corrected chi connectivity index (χ2v) is 3.49. The third-order valence-corrected chi connectivity index (χ3v) is 2.52. The van der Waals surface area contributed by atoms with Gasteiger partial charge in [-0.15, -0.1) is 0 Å². The number of benzene rings is 1. The Morgan fingerprint density at radius 2 is 2.44 bits per heavy atom. The molecule has 1 saturated heterocycles. The summed E-state index contributed by atoms with van der Waals surface area (Å²) < 4.78 is 5.10. The smallest absolute Gasteiger partial charge is 0.331 e. The lowest BCUT2D eigenvalue weighted by molar-refractivity contribution is 0.232. The molecule has 1 heterocycles. The fraction of sp³-hybridized carbons (Fsp3) is 0.273. The Hall–Kier alpha value is -2.22. The number of nitriles is 1. The van der Waals surface area contributed by atoms with Crippen molar-refractivity contribution in [3.05, 3.63) is 29.8 Å². The summed E-state index contributed by atoms with van der Waals surface area (Å²) in [5.74, 6) is 0.738. The number of hydrogen-bond acceptors (Lipinski definition) is 3. The number of urea groups is 1. The van der Waals surface area contributed by atoms with Crippen molar-refractivity contribution in [3.63, 3.8) is 0 Å². The predicted octanol–water partition coefficient (Wildman–Crippen LogP) is 1.24. The standard InChI is InChI=1S/C11H11N3O2/c1-16-9-4-2-3-8(5-9)10-6-14(7-12)11(15)13-10/h2-5,10H,6H2,1H3,(H,13,15). The number of carbonyl (C=O) groups excluding carboxylic acids is 1. The minimum absolute atomic E-state index is 0.151. The average Bonchev–Trinajstić information content (AvgIpc) is 2.71. The lowest BCUT2D eigenvalue weighted by Gasteiger charge is -2.10. The highest BCUT2D eigenvalue weighted by atomic mass is 16.5. The number of nitrogens with zero attached hydrogens (tertiary/aromatic N) is 2. The molecule has 0 saturated carbocycles. The van der Waals surface area contributed by atoms with Crippen molar-refractivity contribution in [1.29, 1.82) is 5.26 Å². The maximum absolute atomic E-state index is 11.3. The van der Waals surface area contributed by atoms with Gasteiger partial charge in [-0.3, -0.25) is 0 Å². The molecule has 2 rings (SSSR count). The van der Waals surface area contributed by atoms with Gasteiger partial charge < -0.3 is 10.1 Å². The van der Waals surface area contributed by atoms with Crippen LogP contribution in [0.25, 0.3) is 0 Å². The maximum atomic E-state index is 11.3. The Morgan fingerprint density at radius 1 is 1.62 bits per heavy atom. The number of methoxy groups -OCH3 is 1. The molecule has 1 aromatic carbocycles. The van der Waals surface area contributed by atoms with Crippen molar-refractivity contribution in [3.8, 4) is 11.9 Å². The zero-order chi connectivity index (χ0) is 11.5. The van der Waals surface area contributed by atoms with E-state index in [1.54, 1.807) is 7.11 Å². The molecule has 82 valence electrons.